The number of rotatable bonds is 2. The van der Waals surface area contributed by atoms with E-state index in [-0.39, 0.29) is 24.4 Å². The van der Waals surface area contributed by atoms with Gasteiger partial charge in [0.1, 0.15) is 0 Å². The summed E-state index contributed by atoms with van der Waals surface area (Å²) in [6, 6.07) is 18.5. The van der Waals surface area contributed by atoms with Gasteiger partial charge in [0.25, 0.3) is 5.91 Å². The molecule has 3 nitrogen and oxygen atoms in total. The fraction of sp³-hybridized carbons (Fsp3) is 0.350. The molecular weight excluding hydrogens is 320 g/mol. The Morgan fingerprint density at radius 2 is 1.58 bits per heavy atom. The van der Waals surface area contributed by atoms with Gasteiger partial charge in [-0.25, -0.2) is 0 Å². The number of nitrogens with zero attached hydrogens (tertiary/aromatic N) is 1. The summed E-state index contributed by atoms with van der Waals surface area (Å²) < 4.78 is 0. The first-order chi connectivity index (χ1) is 11.2. The number of halogens is 1. The number of hydrogen-bond donors (Lipinski definition) is 1. The standard InChI is InChI=1S/C20H22N2O.ClH/c21-19-11-10-17-12-22(13-18(17)19)20(23)16-8-6-15(7-9-16)14-4-2-1-3-5-14;/h1-9,17-19H,10-13,21H2;1H. The van der Waals surface area contributed by atoms with E-state index in [9.17, 15) is 4.79 Å². The Balaban J connectivity index is 0.00000169. The first kappa shape index (κ1) is 17.0. The lowest BCUT2D eigenvalue weighted by atomic mass is 9.98. The second kappa shape index (κ2) is 6.96. The summed E-state index contributed by atoms with van der Waals surface area (Å²) in [4.78, 5) is 14.7. The van der Waals surface area contributed by atoms with Crippen LogP contribution in [0.4, 0.5) is 0 Å². The van der Waals surface area contributed by atoms with Crippen LogP contribution in [0.15, 0.2) is 54.6 Å². The summed E-state index contributed by atoms with van der Waals surface area (Å²) in [6.45, 7) is 1.70. The topological polar surface area (TPSA) is 46.3 Å². The molecule has 4 rings (SSSR count). The van der Waals surface area contributed by atoms with E-state index in [2.05, 4.69) is 12.1 Å². The highest BCUT2D eigenvalue weighted by Crippen LogP contribution is 2.37. The molecular formula is C20H23ClN2O. The summed E-state index contributed by atoms with van der Waals surface area (Å²) >= 11 is 0. The molecule has 0 aromatic heterocycles. The van der Waals surface area contributed by atoms with Gasteiger partial charge in [0.15, 0.2) is 0 Å². The number of amides is 1. The molecule has 4 heteroatoms. The van der Waals surface area contributed by atoms with Gasteiger partial charge in [-0.05, 0) is 47.9 Å². The Morgan fingerprint density at radius 1 is 0.917 bits per heavy atom. The summed E-state index contributed by atoms with van der Waals surface area (Å²) in [7, 11) is 0. The van der Waals surface area contributed by atoms with E-state index in [1.54, 1.807) is 0 Å². The van der Waals surface area contributed by atoms with Crippen LogP contribution in [-0.2, 0) is 0 Å². The third-order valence-corrected chi connectivity index (χ3v) is 5.44. The zero-order valence-electron chi connectivity index (χ0n) is 13.6. The van der Waals surface area contributed by atoms with Crippen LogP contribution in [0.2, 0.25) is 0 Å². The molecule has 2 fully saturated rings. The number of nitrogens with two attached hydrogens (primary N) is 1. The normalized spacial score (nSPS) is 25.2. The van der Waals surface area contributed by atoms with Crippen molar-refractivity contribution in [3.8, 4) is 11.1 Å². The Morgan fingerprint density at radius 3 is 2.25 bits per heavy atom. The number of hydrogen-bond acceptors (Lipinski definition) is 2. The fourth-order valence-corrected chi connectivity index (χ4v) is 4.09. The Bertz CT molecular complexity index is 701. The number of likely N-dealkylation sites (tertiary alicyclic amines) is 1. The monoisotopic (exact) mass is 342 g/mol. The van der Waals surface area contributed by atoms with E-state index in [0.717, 1.165) is 30.6 Å². The summed E-state index contributed by atoms with van der Waals surface area (Å²) in [5.74, 6) is 1.26. The molecule has 2 aromatic rings. The fourth-order valence-electron chi connectivity index (χ4n) is 4.09. The highest BCUT2D eigenvalue weighted by atomic mass is 35.5. The molecule has 126 valence electrons. The van der Waals surface area contributed by atoms with Crippen molar-refractivity contribution < 1.29 is 4.79 Å². The number of carbonyl (C=O) groups is 1. The van der Waals surface area contributed by atoms with E-state index in [1.807, 2.05) is 47.4 Å². The molecule has 1 aliphatic carbocycles. The molecule has 24 heavy (non-hydrogen) atoms. The minimum Gasteiger partial charge on any atom is -0.338 e. The van der Waals surface area contributed by atoms with Crippen molar-refractivity contribution in [3.63, 3.8) is 0 Å². The predicted octanol–water partition coefficient (Wildman–Crippen LogP) is 3.58. The third-order valence-electron chi connectivity index (χ3n) is 5.44. The van der Waals surface area contributed by atoms with Gasteiger partial charge < -0.3 is 10.6 Å². The van der Waals surface area contributed by atoms with Crippen LogP contribution in [0.5, 0.6) is 0 Å². The van der Waals surface area contributed by atoms with Crippen molar-refractivity contribution in [3.05, 3.63) is 60.2 Å². The Hall–Kier alpha value is -1.84. The number of fused-ring (bicyclic) bond motifs is 1. The molecule has 2 aliphatic rings. The zero-order valence-corrected chi connectivity index (χ0v) is 14.4. The van der Waals surface area contributed by atoms with Gasteiger partial charge in [0, 0.05) is 24.7 Å². The van der Waals surface area contributed by atoms with Crippen LogP contribution in [0.25, 0.3) is 11.1 Å². The summed E-state index contributed by atoms with van der Waals surface area (Å²) in [5, 5.41) is 0. The van der Waals surface area contributed by atoms with Crippen molar-refractivity contribution >= 4 is 18.3 Å². The lowest BCUT2D eigenvalue weighted by Gasteiger charge is -2.19. The summed E-state index contributed by atoms with van der Waals surface area (Å²) in [5.41, 5.74) is 9.26. The average molecular weight is 343 g/mol. The maximum atomic E-state index is 12.7. The van der Waals surface area contributed by atoms with E-state index in [4.69, 9.17) is 5.73 Å². The zero-order chi connectivity index (χ0) is 15.8. The SMILES string of the molecule is Cl.NC1CCC2CN(C(=O)c3ccc(-c4ccccc4)cc3)CC12. The molecule has 1 aliphatic heterocycles. The highest BCUT2D eigenvalue weighted by Gasteiger charge is 2.42. The molecule has 3 unspecified atom stereocenters. The van der Waals surface area contributed by atoms with Crippen LogP contribution in [0.3, 0.4) is 0 Å². The molecule has 3 atom stereocenters. The molecule has 0 spiro atoms. The molecule has 1 heterocycles. The Labute approximate surface area is 149 Å². The molecule has 1 saturated carbocycles. The highest BCUT2D eigenvalue weighted by molar-refractivity contribution is 5.95. The molecule has 1 saturated heterocycles. The first-order valence-electron chi connectivity index (χ1n) is 8.43. The van der Waals surface area contributed by atoms with Crippen molar-refractivity contribution in [1.29, 1.82) is 0 Å². The minimum atomic E-state index is 0. The lowest BCUT2D eigenvalue weighted by molar-refractivity contribution is 0.0779. The molecule has 0 radical (unpaired) electrons. The van der Waals surface area contributed by atoms with Gasteiger partial charge in [-0.3, -0.25) is 4.79 Å². The van der Waals surface area contributed by atoms with Gasteiger partial charge in [0.05, 0.1) is 0 Å². The number of carbonyl (C=O) groups excluding carboxylic acids is 1. The smallest absolute Gasteiger partial charge is 0.253 e. The van der Waals surface area contributed by atoms with Crippen LogP contribution in [0, 0.1) is 11.8 Å². The van der Waals surface area contributed by atoms with Gasteiger partial charge in [-0.15, -0.1) is 12.4 Å². The van der Waals surface area contributed by atoms with Gasteiger partial charge in [-0.2, -0.15) is 0 Å². The van der Waals surface area contributed by atoms with Crippen LogP contribution in [-0.4, -0.2) is 29.9 Å². The first-order valence-corrected chi connectivity index (χ1v) is 8.43. The molecule has 2 aromatic carbocycles. The maximum Gasteiger partial charge on any atom is 0.253 e. The van der Waals surface area contributed by atoms with Crippen LogP contribution < -0.4 is 5.73 Å². The van der Waals surface area contributed by atoms with Crippen LogP contribution in [0.1, 0.15) is 23.2 Å². The van der Waals surface area contributed by atoms with Gasteiger partial charge in [0.2, 0.25) is 0 Å². The second-order valence-corrected chi connectivity index (χ2v) is 6.82. The predicted molar refractivity (Wildman–Crippen MR) is 99.2 cm³/mol. The van der Waals surface area contributed by atoms with Crippen molar-refractivity contribution in [2.75, 3.05) is 13.1 Å². The quantitative estimate of drug-likeness (QED) is 0.906. The van der Waals surface area contributed by atoms with E-state index in [1.165, 1.54) is 12.0 Å². The van der Waals surface area contributed by atoms with Crippen LogP contribution >= 0.6 is 12.4 Å². The minimum absolute atomic E-state index is 0. The van der Waals surface area contributed by atoms with Crippen molar-refractivity contribution in [2.45, 2.75) is 18.9 Å². The molecule has 0 bridgehead atoms. The van der Waals surface area contributed by atoms with E-state index in [0.29, 0.717) is 11.8 Å². The van der Waals surface area contributed by atoms with Gasteiger partial charge >= 0.3 is 0 Å². The molecule has 1 amide bonds. The Kier molecular flexibility index (Phi) is 4.93. The number of benzene rings is 2. The lowest BCUT2D eigenvalue weighted by Crippen LogP contribution is -2.33. The second-order valence-electron chi connectivity index (χ2n) is 6.82. The van der Waals surface area contributed by atoms with Crippen molar-refractivity contribution in [1.82, 2.24) is 4.90 Å². The van der Waals surface area contributed by atoms with Crippen molar-refractivity contribution in [2.24, 2.45) is 17.6 Å². The maximum absolute atomic E-state index is 12.7. The third kappa shape index (κ3) is 3.06. The van der Waals surface area contributed by atoms with E-state index >= 15 is 0 Å². The van der Waals surface area contributed by atoms with Gasteiger partial charge in [-0.1, -0.05) is 42.5 Å². The average Bonchev–Trinajstić information content (AvgIpc) is 3.18. The summed E-state index contributed by atoms with van der Waals surface area (Å²) in [6.07, 6.45) is 2.28. The largest absolute Gasteiger partial charge is 0.338 e. The molecule has 2 N–H and O–H groups in total. The van der Waals surface area contributed by atoms with E-state index < -0.39 is 0 Å².